The fourth-order valence-corrected chi connectivity index (χ4v) is 2.27. The van der Waals surface area contributed by atoms with Gasteiger partial charge in [0.25, 0.3) is 5.69 Å². The van der Waals surface area contributed by atoms with Crippen LogP contribution in [-0.4, -0.2) is 17.1 Å². The highest BCUT2D eigenvalue weighted by molar-refractivity contribution is 5.78. The van der Waals surface area contributed by atoms with Gasteiger partial charge in [-0.15, -0.1) is 0 Å². The standard InChI is InChI=1S/C13H13N3O4/c1-4-9-11(14-6-17)8(3)13(16(19)20)10(5-2)12(9)15-7-18/h4-5H2,1-3H3. The molecule has 0 atom stereocenters. The Morgan fingerprint density at radius 1 is 1.05 bits per heavy atom. The van der Waals surface area contributed by atoms with Crippen molar-refractivity contribution in [3.05, 3.63) is 26.8 Å². The van der Waals surface area contributed by atoms with Gasteiger partial charge >= 0.3 is 0 Å². The lowest BCUT2D eigenvalue weighted by Gasteiger charge is -2.13. The predicted molar refractivity (Wildman–Crippen MR) is 72.2 cm³/mol. The van der Waals surface area contributed by atoms with Gasteiger partial charge in [0, 0.05) is 5.56 Å². The molecule has 1 aromatic rings. The second-order valence-corrected chi connectivity index (χ2v) is 4.00. The van der Waals surface area contributed by atoms with Crippen molar-refractivity contribution in [1.29, 1.82) is 0 Å². The van der Waals surface area contributed by atoms with Gasteiger partial charge in [-0.25, -0.2) is 9.59 Å². The number of isocyanates is 2. The molecule has 7 heteroatoms. The Morgan fingerprint density at radius 2 is 1.55 bits per heavy atom. The summed E-state index contributed by atoms with van der Waals surface area (Å²) in [6, 6.07) is 0. The first-order chi connectivity index (χ1) is 9.53. The van der Waals surface area contributed by atoms with Crippen LogP contribution in [0.1, 0.15) is 30.5 Å². The Bertz CT molecular complexity index is 623. The first-order valence-corrected chi connectivity index (χ1v) is 6.01. The Kier molecular flexibility index (Phi) is 5.03. The summed E-state index contributed by atoms with van der Waals surface area (Å²) in [4.78, 5) is 38.9. The third-order valence-corrected chi connectivity index (χ3v) is 3.06. The molecule has 0 spiro atoms. The van der Waals surface area contributed by atoms with Crippen molar-refractivity contribution in [2.45, 2.75) is 33.6 Å². The van der Waals surface area contributed by atoms with Crippen molar-refractivity contribution in [3.8, 4) is 0 Å². The van der Waals surface area contributed by atoms with Crippen LogP contribution in [0, 0.1) is 17.0 Å². The number of carbonyl (C=O) groups excluding carboxylic acids is 2. The van der Waals surface area contributed by atoms with Crippen molar-refractivity contribution in [3.63, 3.8) is 0 Å². The lowest BCUT2D eigenvalue weighted by molar-refractivity contribution is -0.386. The summed E-state index contributed by atoms with van der Waals surface area (Å²) >= 11 is 0. The van der Waals surface area contributed by atoms with Crippen molar-refractivity contribution >= 4 is 29.2 Å². The first-order valence-electron chi connectivity index (χ1n) is 6.01. The Balaban J connectivity index is 4.03. The fourth-order valence-electron chi connectivity index (χ4n) is 2.27. The highest BCUT2D eigenvalue weighted by Crippen LogP contribution is 2.43. The van der Waals surface area contributed by atoms with Crippen LogP contribution in [0.15, 0.2) is 9.98 Å². The molecular formula is C13H13N3O4. The van der Waals surface area contributed by atoms with Crippen molar-refractivity contribution in [2.75, 3.05) is 0 Å². The summed E-state index contributed by atoms with van der Waals surface area (Å²) in [7, 11) is 0. The van der Waals surface area contributed by atoms with Gasteiger partial charge in [-0.1, -0.05) is 13.8 Å². The molecule has 1 rings (SSSR count). The van der Waals surface area contributed by atoms with E-state index in [4.69, 9.17) is 0 Å². The summed E-state index contributed by atoms with van der Waals surface area (Å²) in [6.45, 7) is 5.03. The molecule has 0 bridgehead atoms. The molecule has 0 fully saturated rings. The maximum atomic E-state index is 11.2. The molecule has 0 aromatic heterocycles. The summed E-state index contributed by atoms with van der Waals surface area (Å²) in [5, 5.41) is 11.2. The molecule has 20 heavy (non-hydrogen) atoms. The van der Waals surface area contributed by atoms with Gasteiger partial charge in [-0.05, 0) is 19.8 Å². The molecule has 0 aliphatic heterocycles. The molecule has 104 valence electrons. The van der Waals surface area contributed by atoms with E-state index in [0.717, 1.165) is 0 Å². The zero-order valence-electron chi connectivity index (χ0n) is 11.4. The molecule has 0 N–H and O–H groups in total. The largest absolute Gasteiger partial charge is 0.279 e. The second kappa shape index (κ2) is 6.52. The number of nitro groups is 1. The monoisotopic (exact) mass is 275 g/mol. The van der Waals surface area contributed by atoms with E-state index >= 15 is 0 Å². The normalized spacial score (nSPS) is 9.55. The fraction of sp³-hybridized carbons (Fsp3) is 0.385. The van der Waals surface area contributed by atoms with Crippen LogP contribution >= 0.6 is 0 Å². The second-order valence-electron chi connectivity index (χ2n) is 4.00. The predicted octanol–water partition coefficient (Wildman–Crippen LogP) is 2.96. The number of nitro benzene ring substituents is 1. The number of hydrogen-bond acceptors (Lipinski definition) is 6. The smallest absolute Gasteiger partial charge is 0.258 e. The lowest BCUT2D eigenvalue weighted by atomic mass is 9.95. The van der Waals surface area contributed by atoms with Gasteiger partial charge in [-0.2, -0.15) is 9.98 Å². The average molecular weight is 275 g/mol. The Labute approximate surface area is 115 Å². The van der Waals surface area contributed by atoms with Crippen LogP contribution < -0.4 is 0 Å². The molecular weight excluding hydrogens is 262 g/mol. The SMILES string of the molecule is CCc1c(N=C=O)c(C)c([N+](=O)[O-])c(CC)c1N=C=O. The quantitative estimate of drug-likeness (QED) is 0.356. The number of hydrogen-bond donors (Lipinski definition) is 0. The first kappa shape index (κ1) is 15.4. The molecule has 0 radical (unpaired) electrons. The van der Waals surface area contributed by atoms with Crippen molar-refractivity contribution in [2.24, 2.45) is 9.98 Å². The van der Waals surface area contributed by atoms with Crippen molar-refractivity contribution in [1.82, 2.24) is 0 Å². The summed E-state index contributed by atoms with van der Waals surface area (Å²) in [5.74, 6) is 0. The van der Waals surface area contributed by atoms with Crippen LogP contribution in [0.2, 0.25) is 0 Å². The lowest BCUT2D eigenvalue weighted by Crippen LogP contribution is -2.02. The number of nitrogens with zero attached hydrogens (tertiary/aromatic N) is 3. The number of rotatable bonds is 5. The van der Waals surface area contributed by atoms with Crippen LogP contribution in [0.25, 0.3) is 0 Å². The van der Waals surface area contributed by atoms with Gasteiger partial charge in [0.2, 0.25) is 12.2 Å². The summed E-state index contributed by atoms with van der Waals surface area (Å²) in [5.41, 5.74) is 1.29. The zero-order valence-corrected chi connectivity index (χ0v) is 11.4. The van der Waals surface area contributed by atoms with Gasteiger partial charge in [0.15, 0.2) is 0 Å². The molecule has 0 unspecified atom stereocenters. The average Bonchev–Trinajstić information content (AvgIpc) is 2.41. The van der Waals surface area contributed by atoms with E-state index in [1.54, 1.807) is 13.8 Å². The van der Waals surface area contributed by atoms with Gasteiger partial charge < -0.3 is 0 Å². The van der Waals surface area contributed by atoms with E-state index in [1.165, 1.54) is 19.1 Å². The minimum absolute atomic E-state index is 0.153. The molecule has 0 aliphatic carbocycles. The van der Waals surface area contributed by atoms with Crippen molar-refractivity contribution < 1.29 is 14.5 Å². The number of aliphatic imine (C=N–C) groups is 2. The van der Waals surface area contributed by atoms with E-state index in [1.807, 2.05) is 0 Å². The van der Waals surface area contributed by atoms with E-state index < -0.39 is 4.92 Å². The zero-order chi connectivity index (χ0) is 15.3. The Hall–Kier alpha value is -2.62. The van der Waals surface area contributed by atoms with Crippen LogP contribution in [0.4, 0.5) is 17.1 Å². The summed E-state index contributed by atoms with van der Waals surface area (Å²) < 4.78 is 0. The van der Waals surface area contributed by atoms with Gasteiger partial charge in [-0.3, -0.25) is 10.1 Å². The molecule has 0 aliphatic rings. The molecule has 0 saturated heterocycles. The van der Waals surface area contributed by atoms with Crippen LogP contribution in [0.3, 0.4) is 0 Å². The summed E-state index contributed by atoms with van der Waals surface area (Å²) in [6.07, 6.45) is 3.54. The minimum atomic E-state index is -0.554. The molecule has 1 aromatic carbocycles. The van der Waals surface area contributed by atoms with E-state index in [9.17, 15) is 19.7 Å². The Morgan fingerprint density at radius 3 is 1.95 bits per heavy atom. The maximum absolute atomic E-state index is 11.2. The van der Waals surface area contributed by atoms with Crippen LogP contribution in [-0.2, 0) is 22.4 Å². The van der Waals surface area contributed by atoms with Gasteiger partial charge in [0.1, 0.15) is 0 Å². The number of benzene rings is 1. The molecule has 0 saturated carbocycles. The van der Waals surface area contributed by atoms with E-state index in [0.29, 0.717) is 24.0 Å². The molecule has 0 amide bonds. The molecule has 7 nitrogen and oxygen atoms in total. The molecule has 0 heterocycles. The third kappa shape index (κ3) is 2.54. The van der Waals surface area contributed by atoms with Gasteiger partial charge in [0.05, 0.1) is 27.4 Å². The van der Waals surface area contributed by atoms with E-state index in [-0.39, 0.29) is 22.6 Å². The van der Waals surface area contributed by atoms with E-state index in [2.05, 4.69) is 9.98 Å². The minimum Gasteiger partial charge on any atom is -0.258 e. The van der Waals surface area contributed by atoms with Crippen LogP contribution in [0.5, 0.6) is 0 Å². The topological polar surface area (TPSA) is 102 Å². The highest BCUT2D eigenvalue weighted by Gasteiger charge is 2.27. The third-order valence-electron chi connectivity index (χ3n) is 3.06. The highest BCUT2D eigenvalue weighted by atomic mass is 16.6. The maximum Gasteiger partial charge on any atom is 0.279 e.